The first-order chi connectivity index (χ1) is 16.1. The van der Waals surface area contributed by atoms with Gasteiger partial charge in [0.25, 0.3) is 5.91 Å². The summed E-state index contributed by atoms with van der Waals surface area (Å²) in [7, 11) is 1.51. The van der Waals surface area contributed by atoms with Crippen LogP contribution in [0.5, 0.6) is 11.5 Å². The highest BCUT2D eigenvalue weighted by Gasteiger charge is 2.20. The van der Waals surface area contributed by atoms with Gasteiger partial charge in [0.2, 0.25) is 0 Å². The third-order valence-electron chi connectivity index (χ3n) is 4.87. The first kappa shape index (κ1) is 25.5. The molecule has 0 radical (unpaired) electrons. The zero-order chi connectivity index (χ0) is 24.9. The zero-order valence-electron chi connectivity index (χ0n) is 19.4. The van der Waals surface area contributed by atoms with Gasteiger partial charge < -0.3 is 23.9 Å². The Bertz CT molecular complexity index is 1260. The Hall–Kier alpha value is -3.17. The average Bonchev–Trinajstić information content (AvgIpc) is 2.77. The molecule has 0 atom stereocenters. The number of halogens is 1. The molecule has 1 aromatic heterocycles. The van der Waals surface area contributed by atoms with Crippen LogP contribution in [0.25, 0.3) is 11.0 Å². The monoisotopic (exact) mass is 531 g/mol. The molecule has 2 aromatic carbocycles. The van der Waals surface area contributed by atoms with E-state index in [1.54, 1.807) is 18.2 Å². The first-order valence-corrected chi connectivity index (χ1v) is 11.4. The van der Waals surface area contributed by atoms with E-state index in [4.69, 9.17) is 18.6 Å². The van der Waals surface area contributed by atoms with Gasteiger partial charge in [0.15, 0.2) is 6.61 Å². The van der Waals surface area contributed by atoms with E-state index in [0.29, 0.717) is 17.7 Å². The smallest absolute Gasteiger partial charge is 0.349 e. The lowest BCUT2D eigenvalue weighted by Gasteiger charge is -2.23. The molecule has 34 heavy (non-hydrogen) atoms. The summed E-state index contributed by atoms with van der Waals surface area (Å²) < 4.78 is 22.1. The molecule has 3 rings (SSSR count). The van der Waals surface area contributed by atoms with Crippen LogP contribution in [-0.4, -0.2) is 38.7 Å². The molecule has 180 valence electrons. The number of hydrogen-bond acceptors (Lipinski definition) is 7. The zero-order valence-corrected chi connectivity index (χ0v) is 21.0. The lowest BCUT2D eigenvalue weighted by Crippen LogP contribution is -2.30. The molecule has 1 N–H and O–H groups in total. The number of carbonyl (C=O) groups excluding carboxylic acids is 2. The molecule has 0 unspecified atom stereocenters. The topological polar surface area (TPSA) is 104 Å². The van der Waals surface area contributed by atoms with Crippen LogP contribution >= 0.6 is 15.9 Å². The van der Waals surface area contributed by atoms with Crippen LogP contribution in [0.1, 0.15) is 36.7 Å². The molecule has 8 nitrogen and oxygen atoms in total. The van der Waals surface area contributed by atoms with E-state index < -0.39 is 17.5 Å². The van der Waals surface area contributed by atoms with Crippen LogP contribution in [0, 0.1) is 0 Å². The van der Waals surface area contributed by atoms with Crippen molar-refractivity contribution in [3.63, 3.8) is 0 Å². The molecule has 1 amide bonds. The molecule has 0 aliphatic carbocycles. The summed E-state index contributed by atoms with van der Waals surface area (Å²) in [5.74, 6) is -0.386. The summed E-state index contributed by atoms with van der Waals surface area (Å²) >= 11 is 3.46. The Kier molecular flexibility index (Phi) is 8.11. The van der Waals surface area contributed by atoms with Crippen LogP contribution < -0.4 is 20.4 Å². The summed E-state index contributed by atoms with van der Waals surface area (Å²) in [5, 5.41) is 3.09. The fourth-order valence-corrected chi connectivity index (χ4v) is 3.55. The van der Waals surface area contributed by atoms with Crippen molar-refractivity contribution in [2.24, 2.45) is 0 Å². The van der Waals surface area contributed by atoms with Crippen molar-refractivity contribution in [3.8, 4) is 11.5 Å². The van der Waals surface area contributed by atoms with Crippen molar-refractivity contribution >= 4 is 38.8 Å². The fraction of sp³-hybridized carbons (Fsp3) is 0.320. The number of rotatable bonds is 8. The Morgan fingerprint density at radius 2 is 1.85 bits per heavy atom. The quantitative estimate of drug-likeness (QED) is 0.201. The van der Waals surface area contributed by atoms with Crippen molar-refractivity contribution in [1.29, 1.82) is 0 Å². The summed E-state index contributed by atoms with van der Waals surface area (Å²) in [6, 6.07) is 11.6. The van der Waals surface area contributed by atoms with Gasteiger partial charge in [-0.1, -0.05) is 36.7 Å². The van der Waals surface area contributed by atoms with E-state index >= 15 is 0 Å². The van der Waals surface area contributed by atoms with E-state index in [2.05, 4.69) is 42.0 Å². The fourth-order valence-electron chi connectivity index (χ4n) is 3.19. The highest BCUT2D eigenvalue weighted by Crippen LogP contribution is 2.33. The summed E-state index contributed by atoms with van der Waals surface area (Å²) in [5.41, 5.74) is 0.0419. The average molecular weight is 532 g/mol. The molecule has 3 aromatic rings. The SMILES string of the molecule is COCCNC(=O)c1cc2ccc(OC(=O)COc3ccc(Br)cc3C(C)(C)C)cc2oc1=O. The van der Waals surface area contributed by atoms with Crippen LogP contribution in [0.2, 0.25) is 0 Å². The molecule has 0 aliphatic rings. The maximum atomic E-state index is 12.4. The predicted molar refractivity (Wildman–Crippen MR) is 131 cm³/mol. The number of amides is 1. The normalized spacial score (nSPS) is 11.3. The minimum Gasteiger partial charge on any atom is -0.482 e. The highest BCUT2D eigenvalue weighted by molar-refractivity contribution is 9.10. The molecule has 0 bridgehead atoms. The van der Waals surface area contributed by atoms with Crippen molar-refractivity contribution in [2.75, 3.05) is 26.9 Å². The van der Waals surface area contributed by atoms with Gasteiger partial charge in [0.05, 0.1) is 6.61 Å². The molecule has 0 aliphatic heterocycles. The molecule has 9 heteroatoms. The lowest BCUT2D eigenvalue weighted by molar-refractivity contribution is -0.136. The maximum Gasteiger partial charge on any atom is 0.349 e. The number of esters is 1. The number of fused-ring (bicyclic) bond motifs is 1. The summed E-state index contributed by atoms with van der Waals surface area (Å²) in [6.45, 7) is 6.45. The third kappa shape index (κ3) is 6.45. The molecule has 0 spiro atoms. The second-order valence-electron chi connectivity index (χ2n) is 8.55. The van der Waals surface area contributed by atoms with Gasteiger partial charge in [-0.2, -0.15) is 0 Å². The number of nitrogens with one attached hydrogen (secondary N) is 1. The van der Waals surface area contributed by atoms with E-state index in [0.717, 1.165) is 10.0 Å². The Labute approximate surface area is 205 Å². The van der Waals surface area contributed by atoms with Crippen LogP contribution in [0.4, 0.5) is 0 Å². The molecule has 1 heterocycles. The molecule has 0 saturated carbocycles. The van der Waals surface area contributed by atoms with E-state index in [9.17, 15) is 14.4 Å². The van der Waals surface area contributed by atoms with Crippen molar-refractivity contribution < 1.29 is 28.2 Å². The Balaban J connectivity index is 1.70. The minimum atomic E-state index is -0.792. The van der Waals surface area contributed by atoms with Gasteiger partial charge in [-0.25, -0.2) is 9.59 Å². The number of benzene rings is 2. The number of ether oxygens (including phenoxy) is 3. The van der Waals surface area contributed by atoms with Crippen LogP contribution in [-0.2, 0) is 14.9 Å². The summed E-state index contributed by atoms with van der Waals surface area (Å²) in [6.07, 6.45) is 0. The molecule has 0 fully saturated rings. The number of hydrogen-bond donors (Lipinski definition) is 1. The largest absolute Gasteiger partial charge is 0.482 e. The van der Waals surface area contributed by atoms with Crippen molar-refractivity contribution in [3.05, 3.63) is 68.5 Å². The standard InChI is InChI=1S/C25H26BrNO7/c1-25(2,3)19-12-16(26)6-8-20(19)32-14-22(28)33-17-7-5-15-11-18(23(29)27-9-10-31-4)24(30)34-21(15)13-17/h5-8,11-13H,9-10,14H2,1-4H3,(H,27,29). The Morgan fingerprint density at radius 3 is 2.56 bits per heavy atom. The molecular formula is C25H26BrNO7. The van der Waals surface area contributed by atoms with Crippen molar-refractivity contribution in [2.45, 2.75) is 26.2 Å². The van der Waals surface area contributed by atoms with E-state index in [1.807, 2.05) is 12.1 Å². The predicted octanol–water partition coefficient (Wildman–Crippen LogP) is 4.21. The summed E-state index contributed by atoms with van der Waals surface area (Å²) in [4.78, 5) is 36.8. The maximum absolute atomic E-state index is 12.4. The number of carbonyl (C=O) groups is 2. The van der Waals surface area contributed by atoms with E-state index in [-0.39, 0.29) is 35.5 Å². The van der Waals surface area contributed by atoms with Crippen molar-refractivity contribution in [1.82, 2.24) is 5.32 Å². The third-order valence-corrected chi connectivity index (χ3v) is 5.36. The van der Waals surface area contributed by atoms with Crippen LogP contribution in [0.3, 0.4) is 0 Å². The Morgan fingerprint density at radius 1 is 1.09 bits per heavy atom. The number of methoxy groups -OCH3 is 1. The van der Waals surface area contributed by atoms with Gasteiger partial charge in [0.1, 0.15) is 22.6 Å². The van der Waals surface area contributed by atoms with Gasteiger partial charge in [0, 0.05) is 35.1 Å². The minimum absolute atomic E-state index is 0.120. The molecular weight excluding hydrogens is 506 g/mol. The van der Waals surface area contributed by atoms with Gasteiger partial charge in [-0.15, -0.1) is 0 Å². The van der Waals surface area contributed by atoms with Gasteiger partial charge in [-0.3, -0.25) is 4.79 Å². The molecule has 0 saturated heterocycles. The van der Waals surface area contributed by atoms with E-state index in [1.165, 1.54) is 19.2 Å². The first-order valence-electron chi connectivity index (χ1n) is 10.6. The lowest BCUT2D eigenvalue weighted by atomic mass is 9.86. The van der Waals surface area contributed by atoms with Crippen LogP contribution in [0.15, 0.2) is 56.1 Å². The second-order valence-corrected chi connectivity index (χ2v) is 9.46. The van der Waals surface area contributed by atoms with Gasteiger partial charge in [-0.05, 0) is 41.8 Å². The second kappa shape index (κ2) is 10.8. The highest BCUT2D eigenvalue weighted by atomic mass is 79.9. The van der Waals surface area contributed by atoms with Gasteiger partial charge >= 0.3 is 11.6 Å².